The highest BCUT2D eigenvalue weighted by Crippen LogP contribution is 2.12. The zero-order valence-electron chi connectivity index (χ0n) is 9.86. The van der Waals surface area contributed by atoms with Crippen LogP contribution in [0.25, 0.3) is 0 Å². The third-order valence-corrected chi connectivity index (χ3v) is 3.85. The Balaban J connectivity index is 2.56. The highest BCUT2D eigenvalue weighted by atomic mass is 32.2. The molecular formula is C10H18N2O3S. The van der Waals surface area contributed by atoms with Gasteiger partial charge in [-0.25, -0.2) is 8.42 Å². The van der Waals surface area contributed by atoms with Crippen LogP contribution in [0, 0.1) is 0 Å². The van der Waals surface area contributed by atoms with Crippen LogP contribution in [0.3, 0.4) is 0 Å². The average molecular weight is 246 g/mol. The summed E-state index contributed by atoms with van der Waals surface area (Å²) in [5, 5.41) is 2.81. The molecule has 0 saturated heterocycles. The summed E-state index contributed by atoms with van der Waals surface area (Å²) >= 11 is 0. The number of nitrogens with zero attached hydrogens (tertiary/aromatic N) is 1. The van der Waals surface area contributed by atoms with Gasteiger partial charge in [-0.05, 0) is 13.3 Å². The van der Waals surface area contributed by atoms with E-state index in [9.17, 15) is 13.2 Å². The molecule has 1 rings (SSSR count). The fourth-order valence-electron chi connectivity index (χ4n) is 1.37. The molecule has 0 bridgehead atoms. The molecule has 1 N–H and O–H groups in total. The molecule has 0 radical (unpaired) electrons. The predicted molar refractivity (Wildman–Crippen MR) is 62.4 cm³/mol. The standard InChI is InChI=1S/C10H18N2O3S/c1-4-8(2)11-10(13)9-5-6-12(7-9)16(3,14)15/h5,8H,4,6-7H2,1-3H3,(H,11,13)/t8-/m0/s1. The molecule has 0 aromatic rings. The lowest BCUT2D eigenvalue weighted by Crippen LogP contribution is -2.35. The van der Waals surface area contributed by atoms with Crippen LogP contribution in [0.5, 0.6) is 0 Å². The predicted octanol–water partition coefficient (Wildman–Crippen LogP) is 0.103. The molecule has 1 heterocycles. The lowest BCUT2D eigenvalue weighted by atomic mass is 10.2. The Hall–Kier alpha value is -0.880. The maximum absolute atomic E-state index is 11.7. The number of sulfonamides is 1. The number of hydrogen-bond donors (Lipinski definition) is 1. The van der Waals surface area contributed by atoms with E-state index in [-0.39, 0.29) is 18.5 Å². The van der Waals surface area contributed by atoms with Crippen molar-refractivity contribution < 1.29 is 13.2 Å². The first-order valence-electron chi connectivity index (χ1n) is 5.29. The first kappa shape index (κ1) is 13.2. The number of nitrogens with one attached hydrogen (secondary N) is 1. The van der Waals surface area contributed by atoms with E-state index in [0.717, 1.165) is 12.7 Å². The summed E-state index contributed by atoms with van der Waals surface area (Å²) in [7, 11) is -3.20. The summed E-state index contributed by atoms with van der Waals surface area (Å²) < 4.78 is 23.8. The van der Waals surface area contributed by atoms with Crippen LogP contribution >= 0.6 is 0 Å². The van der Waals surface area contributed by atoms with Crippen molar-refractivity contribution in [2.24, 2.45) is 0 Å². The van der Waals surface area contributed by atoms with Gasteiger partial charge in [-0.1, -0.05) is 13.0 Å². The van der Waals surface area contributed by atoms with Crippen LogP contribution in [-0.4, -0.2) is 44.0 Å². The van der Waals surface area contributed by atoms with Crippen molar-refractivity contribution in [2.75, 3.05) is 19.3 Å². The second-order valence-electron chi connectivity index (χ2n) is 4.07. The third kappa shape index (κ3) is 3.31. The molecule has 16 heavy (non-hydrogen) atoms. The van der Waals surface area contributed by atoms with Crippen molar-refractivity contribution in [3.05, 3.63) is 11.6 Å². The number of carbonyl (C=O) groups excluding carboxylic acids is 1. The average Bonchev–Trinajstić information content (AvgIpc) is 2.65. The first-order valence-corrected chi connectivity index (χ1v) is 7.14. The van der Waals surface area contributed by atoms with Gasteiger partial charge in [0.05, 0.1) is 6.26 Å². The zero-order valence-corrected chi connectivity index (χ0v) is 10.7. The van der Waals surface area contributed by atoms with E-state index in [1.165, 1.54) is 4.31 Å². The van der Waals surface area contributed by atoms with Gasteiger partial charge in [0.25, 0.3) is 0 Å². The molecule has 0 fully saturated rings. The minimum absolute atomic E-state index is 0.112. The van der Waals surface area contributed by atoms with Crippen LogP contribution in [0.4, 0.5) is 0 Å². The summed E-state index contributed by atoms with van der Waals surface area (Å²) in [4.78, 5) is 11.7. The van der Waals surface area contributed by atoms with Crippen molar-refractivity contribution in [1.82, 2.24) is 9.62 Å². The summed E-state index contributed by atoms with van der Waals surface area (Å²) in [6.45, 7) is 4.38. The Kier molecular flexibility index (Phi) is 4.09. The SMILES string of the molecule is CC[C@H](C)NC(=O)C1=CCN(S(C)(=O)=O)C1. The van der Waals surface area contributed by atoms with Gasteiger partial charge in [-0.3, -0.25) is 4.79 Å². The molecule has 5 nitrogen and oxygen atoms in total. The Morgan fingerprint density at radius 1 is 1.62 bits per heavy atom. The van der Waals surface area contributed by atoms with Crippen molar-refractivity contribution in [2.45, 2.75) is 26.3 Å². The Morgan fingerprint density at radius 3 is 2.69 bits per heavy atom. The maximum Gasteiger partial charge on any atom is 0.248 e. The van der Waals surface area contributed by atoms with Gasteiger partial charge in [-0.15, -0.1) is 0 Å². The lowest BCUT2D eigenvalue weighted by molar-refractivity contribution is -0.118. The highest BCUT2D eigenvalue weighted by Gasteiger charge is 2.25. The van der Waals surface area contributed by atoms with Crippen LogP contribution in [0.1, 0.15) is 20.3 Å². The summed E-state index contributed by atoms with van der Waals surface area (Å²) in [5.41, 5.74) is 0.533. The van der Waals surface area contributed by atoms with Gasteiger partial charge in [0.15, 0.2) is 0 Å². The summed E-state index contributed by atoms with van der Waals surface area (Å²) in [6.07, 6.45) is 3.67. The van der Waals surface area contributed by atoms with Crippen molar-refractivity contribution in [3.63, 3.8) is 0 Å². The second-order valence-corrected chi connectivity index (χ2v) is 6.05. The van der Waals surface area contributed by atoms with Crippen molar-refractivity contribution >= 4 is 15.9 Å². The van der Waals surface area contributed by atoms with Gasteiger partial charge < -0.3 is 5.32 Å². The maximum atomic E-state index is 11.7. The van der Waals surface area contributed by atoms with E-state index >= 15 is 0 Å². The quantitative estimate of drug-likeness (QED) is 0.765. The molecule has 92 valence electrons. The van der Waals surface area contributed by atoms with Gasteiger partial charge in [0.1, 0.15) is 0 Å². The van der Waals surface area contributed by atoms with Gasteiger partial charge in [0.2, 0.25) is 15.9 Å². The first-order chi connectivity index (χ1) is 7.34. The molecule has 0 unspecified atom stereocenters. The molecule has 0 saturated carbocycles. The van der Waals surface area contributed by atoms with Gasteiger partial charge in [0, 0.05) is 24.7 Å². The molecule has 0 aromatic carbocycles. The second kappa shape index (κ2) is 4.97. The van der Waals surface area contributed by atoms with E-state index < -0.39 is 10.0 Å². The van der Waals surface area contributed by atoms with E-state index in [4.69, 9.17) is 0 Å². The molecule has 6 heteroatoms. The van der Waals surface area contributed by atoms with E-state index in [2.05, 4.69) is 5.32 Å². The minimum atomic E-state index is -3.20. The van der Waals surface area contributed by atoms with Crippen LogP contribution in [0.2, 0.25) is 0 Å². The monoisotopic (exact) mass is 246 g/mol. The molecule has 0 aromatic heterocycles. The fourth-order valence-corrected chi connectivity index (χ4v) is 2.09. The highest BCUT2D eigenvalue weighted by molar-refractivity contribution is 7.88. The smallest absolute Gasteiger partial charge is 0.248 e. The molecule has 1 atom stereocenters. The van der Waals surface area contributed by atoms with Crippen molar-refractivity contribution in [3.8, 4) is 0 Å². The molecule has 1 aliphatic rings. The Bertz CT molecular complexity index is 400. The number of rotatable bonds is 4. The lowest BCUT2D eigenvalue weighted by Gasteiger charge is -2.14. The van der Waals surface area contributed by atoms with Crippen molar-refractivity contribution in [1.29, 1.82) is 0 Å². The van der Waals surface area contributed by atoms with E-state index in [1.807, 2.05) is 13.8 Å². The number of hydrogen-bond acceptors (Lipinski definition) is 3. The number of amides is 1. The minimum Gasteiger partial charge on any atom is -0.350 e. The third-order valence-electron chi connectivity index (χ3n) is 2.64. The van der Waals surface area contributed by atoms with Crippen LogP contribution < -0.4 is 5.32 Å². The number of carbonyl (C=O) groups is 1. The van der Waals surface area contributed by atoms with E-state index in [0.29, 0.717) is 12.1 Å². The van der Waals surface area contributed by atoms with Gasteiger partial charge >= 0.3 is 0 Å². The summed E-state index contributed by atoms with van der Waals surface area (Å²) in [5.74, 6) is -0.166. The Labute approximate surface area is 96.6 Å². The largest absolute Gasteiger partial charge is 0.350 e. The van der Waals surface area contributed by atoms with Gasteiger partial charge in [-0.2, -0.15) is 4.31 Å². The molecule has 1 aliphatic heterocycles. The topological polar surface area (TPSA) is 66.5 Å². The van der Waals surface area contributed by atoms with Crippen LogP contribution in [-0.2, 0) is 14.8 Å². The fraction of sp³-hybridized carbons (Fsp3) is 0.700. The molecular weight excluding hydrogens is 228 g/mol. The zero-order chi connectivity index (χ0) is 12.3. The Morgan fingerprint density at radius 2 is 2.25 bits per heavy atom. The van der Waals surface area contributed by atoms with E-state index in [1.54, 1.807) is 6.08 Å². The molecule has 1 amide bonds. The molecule has 0 aliphatic carbocycles. The van der Waals surface area contributed by atoms with Crippen LogP contribution in [0.15, 0.2) is 11.6 Å². The normalized spacial score (nSPS) is 19.3. The summed E-state index contributed by atoms with van der Waals surface area (Å²) in [6, 6.07) is 0.112. The molecule has 0 spiro atoms.